The van der Waals surface area contributed by atoms with E-state index in [9.17, 15) is 0 Å². The van der Waals surface area contributed by atoms with Crippen LogP contribution < -0.4 is 10.6 Å². The lowest BCUT2D eigenvalue weighted by molar-refractivity contribution is 0.590. The highest BCUT2D eigenvalue weighted by Crippen LogP contribution is 2.22. The van der Waals surface area contributed by atoms with Gasteiger partial charge in [-0.1, -0.05) is 45.0 Å². The Kier molecular flexibility index (Phi) is 8.85. The number of hydrogen-bond acceptors (Lipinski definition) is 1. The molecule has 0 amide bonds. The minimum atomic E-state index is 0. The van der Waals surface area contributed by atoms with Gasteiger partial charge in [0, 0.05) is 13.1 Å². The average Bonchev–Trinajstić information content (AvgIpc) is 2.36. The summed E-state index contributed by atoms with van der Waals surface area (Å²) in [5.41, 5.74) is 2.81. The number of rotatable bonds is 4. The van der Waals surface area contributed by atoms with Crippen LogP contribution in [0.25, 0.3) is 0 Å². The van der Waals surface area contributed by atoms with Crippen LogP contribution in [0.15, 0.2) is 29.3 Å². The normalized spacial score (nSPS) is 10.4. The Balaban J connectivity index is 0.00000361. The lowest BCUT2D eigenvalue weighted by Gasteiger charge is -2.19. The third-order valence-electron chi connectivity index (χ3n) is 2.93. The van der Waals surface area contributed by atoms with Crippen molar-refractivity contribution in [1.82, 2.24) is 10.6 Å². The molecule has 1 aromatic rings. The van der Waals surface area contributed by atoms with Crippen LogP contribution in [0.4, 0.5) is 0 Å². The van der Waals surface area contributed by atoms with Crippen molar-refractivity contribution in [1.29, 1.82) is 0 Å². The third kappa shape index (κ3) is 6.59. The van der Waals surface area contributed by atoms with Gasteiger partial charge in [-0.2, -0.15) is 0 Å². The molecule has 2 N–H and O–H groups in total. The fraction of sp³-hybridized carbons (Fsp3) is 0.562. The van der Waals surface area contributed by atoms with Crippen LogP contribution in [-0.2, 0) is 12.0 Å². The van der Waals surface area contributed by atoms with E-state index in [4.69, 9.17) is 0 Å². The highest BCUT2D eigenvalue weighted by atomic mass is 127. The second kappa shape index (κ2) is 9.21. The van der Waals surface area contributed by atoms with Crippen molar-refractivity contribution in [3.8, 4) is 0 Å². The lowest BCUT2D eigenvalue weighted by atomic mass is 9.87. The van der Waals surface area contributed by atoms with E-state index in [0.29, 0.717) is 6.54 Å². The highest BCUT2D eigenvalue weighted by molar-refractivity contribution is 14.0. The Morgan fingerprint density at radius 1 is 1.00 bits per heavy atom. The van der Waals surface area contributed by atoms with Gasteiger partial charge >= 0.3 is 0 Å². The summed E-state index contributed by atoms with van der Waals surface area (Å²) in [6.45, 7) is 13.3. The SMILES string of the molecule is CCNC(=NCc1ccc(C(C)(C)C)cc1)NCC.I. The van der Waals surface area contributed by atoms with E-state index in [1.54, 1.807) is 0 Å². The quantitative estimate of drug-likeness (QED) is 0.468. The zero-order valence-electron chi connectivity index (χ0n) is 13.3. The molecule has 0 radical (unpaired) electrons. The summed E-state index contributed by atoms with van der Waals surface area (Å²) in [7, 11) is 0. The predicted molar refractivity (Wildman–Crippen MR) is 99.0 cm³/mol. The zero-order chi connectivity index (χ0) is 14.3. The molecule has 0 aliphatic heterocycles. The molecular formula is C16H28IN3. The van der Waals surface area contributed by atoms with Gasteiger partial charge in [-0.25, -0.2) is 4.99 Å². The van der Waals surface area contributed by atoms with Crippen LogP contribution in [-0.4, -0.2) is 19.0 Å². The summed E-state index contributed by atoms with van der Waals surface area (Å²) >= 11 is 0. The zero-order valence-corrected chi connectivity index (χ0v) is 15.6. The van der Waals surface area contributed by atoms with Crippen LogP contribution in [0, 0.1) is 0 Å². The standard InChI is InChI=1S/C16H27N3.HI/c1-6-17-15(18-7-2)19-12-13-8-10-14(11-9-13)16(3,4)5;/h8-11H,6-7,12H2,1-5H3,(H2,17,18,19);1H. The molecule has 1 aromatic carbocycles. The molecule has 0 aliphatic carbocycles. The Morgan fingerprint density at radius 3 is 1.90 bits per heavy atom. The molecule has 4 heteroatoms. The van der Waals surface area contributed by atoms with Crippen molar-refractivity contribution in [2.24, 2.45) is 4.99 Å². The maximum Gasteiger partial charge on any atom is 0.191 e. The Bertz CT molecular complexity index is 397. The minimum Gasteiger partial charge on any atom is -0.357 e. The summed E-state index contributed by atoms with van der Waals surface area (Å²) in [5, 5.41) is 6.46. The highest BCUT2D eigenvalue weighted by Gasteiger charge is 2.12. The molecule has 1 rings (SSSR count). The smallest absolute Gasteiger partial charge is 0.191 e. The van der Waals surface area contributed by atoms with Gasteiger partial charge in [0.25, 0.3) is 0 Å². The Morgan fingerprint density at radius 2 is 1.50 bits per heavy atom. The molecular weight excluding hydrogens is 361 g/mol. The molecule has 0 aliphatic rings. The van der Waals surface area contributed by atoms with Crippen molar-refractivity contribution in [3.63, 3.8) is 0 Å². The van der Waals surface area contributed by atoms with E-state index >= 15 is 0 Å². The minimum absolute atomic E-state index is 0. The number of nitrogens with one attached hydrogen (secondary N) is 2. The van der Waals surface area contributed by atoms with Crippen LogP contribution in [0.2, 0.25) is 0 Å². The predicted octanol–water partition coefficient (Wildman–Crippen LogP) is 3.68. The summed E-state index contributed by atoms with van der Waals surface area (Å²) in [4.78, 5) is 4.56. The van der Waals surface area contributed by atoms with Crippen molar-refractivity contribution < 1.29 is 0 Å². The van der Waals surface area contributed by atoms with Crippen molar-refractivity contribution in [2.75, 3.05) is 13.1 Å². The van der Waals surface area contributed by atoms with Gasteiger partial charge in [0.15, 0.2) is 5.96 Å². The molecule has 0 saturated heterocycles. The molecule has 0 bridgehead atoms. The van der Waals surface area contributed by atoms with E-state index in [-0.39, 0.29) is 29.4 Å². The van der Waals surface area contributed by atoms with Crippen LogP contribution in [0.5, 0.6) is 0 Å². The summed E-state index contributed by atoms with van der Waals surface area (Å²) in [6, 6.07) is 8.73. The molecule has 0 fully saturated rings. The number of aliphatic imine (C=N–C) groups is 1. The van der Waals surface area contributed by atoms with E-state index in [1.807, 2.05) is 0 Å². The van der Waals surface area contributed by atoms with Crippen molar-refractivity contribution >= 4 is 29.9 Å². The lowest BCUT2D eigenvalue weighted by Crippen LogP contribution is -2.36. The molecule has 0 unspecified atom stereocenters. The number of guanidine groups is 1. The Labute approximate surface area is 140 Å². The van der Waals surface area contributed by atoms with E-state index in [2.05, 4.69) is 74.5 Å². The van der Waals surface area contributed by atoms with Gasteiger partial charge in [0.05, 0.1) is 6.54 Å². The summed E-state index contributed by atoms with van der Waals surface area (Å²) in [5.74, 6) is 0.880. The van der Waals surface area contributed by atoms with Crippen LogP contribution in [0.1, 0.15) is 45.7 Å². The van der Waals surface area contributed by atoms with E-state index in [0.717, 1.165) is 19.0 Å². The van der Waals surface area contributed by atoms with Gasteiger partial charge < -0.3 is 10.6 Å². The van der Waals surface area contributed by atoms with Gasteiger partial charge in [-0.05, 0) is 30.4 Å². The molecule has 0 saturated carbocycles. The van der Waals surface area contributed by atoms with Crippen LogP contribution >= 0.6 is 24.0 Å². The molecule has 114 valence electrons. The first kappa shape index (κ1) is 19.2. The number of hydrogen-bond donors (Lipinski definition) is 2. The van der Waals surface area contributed by atoms with Gasteiger partial charge in [0.1, 0.15) is 0 Å². The molecule has 0 heterocycles. The monoisotopic (exact) mass is 389 g/mol. The van der Waals surface area contributed by atoms with E-state index in [1.165, 1.54) is 11.1 Å². The number of nitrogens with zero attached hydrogens (tertiary/aromatic N) is 1. The van der Waals surface area contributed by atoms with Gasteiger partial charge in [0.2, 0.25) is 0 Å². The van der Waals surface area contributed by atoms with Crippen molar-refractivity contribution in [3.05, 3.63) is 35.4 Å². The van der Waals surface area contributed by atoms with Crippen LogP contribution in [0.3, 0.4) is 0 Å². The first-order valence-corrected chi connectivity index (χ1v) is 7.09. The summed E-state index contributed by atoms with van der Waals surface area (Å²) < 4.78 is 0. The van der Waals surface area contributed by atoms with Crippen molar-refractivity contribution in [2.45, 2.75) is 46.6 Å². The summed E-state index contributed by atoms with van der Waals surface area (Å²) in [6.07, 6.45) is 0. The average molecular weight is 389 g/mol. The number of benzene rings is 1. The second-order valence-electron chi connectivity index (χ2n) is 5.67. The second-order valence-corrected chi connectivity index (χ2v) is 5.67. The largest absolute Gasteiger partial charge is 0.357 e. The topological polar surface area (TPSA) is 36.4 Å². The molecule has 0 spiro atoms. The Hall–Kier alpha value is -0.780. The fourth-order valence-corrected chi connectivity index (χ4v) is 1.79. The first-order chi connectivity index (χ1) is 8.97. The fourth-order valence-electron chi connectivity index (χ4n) is 1.79. The number of halogens is 1. The molecule has 20 heavy (non-hydrogen) atoms. The van der Waals surface area contributed by atoms with E-state index < -0.39 is 0 Å². The van der Waals surface area contributed by atoms with Gasteiger partial charge in [-0.15, -0.1) is 24.0 Å². The van der Waals surface area contributed by atoms with Gasteiger partial charge in [-0.3, -0.25) is 0 Å². The third-order valence-corrected chi connectivity index (χ3v) is 2.93. The first-order valence-electron chi connectivity index (χ1n) is 7.09. The molecule has 0 atom stereocenters. The molecule has 3 nitrogen and oxygen atoms in total. The molecule has 0 aromatic heterocycles. The maximum absolute atomic E-state index is 4.56. The maximum atomic E-state index is 4.56.